The molecule has 2 aromatic carbocycles. The van der Waals surface area contributed by atoms with E-state index in [1.165, 1.54) is 11.3 Å². The van der Waals surface area contributed by atoms with Crippen LogP contribution >= 0.6 is 0 Å². The molecule has 3 rings (SSSR count). The molecule has 0 N–H and O–H groups in total. The van der Waals surface area contributed by atoms with E-state index in [0.717, 1.165) is 36.4 Å². The molecule has 1 aliphatic heterocycles. The van der Waals surface area contributed by atoms with Gasteiger partial charge in [-0.2, -0.15) is 0 Å². The van der Waals surface area contributed by atoms with Crippen LogP contribution in [0.1, 0.15) is 35.3 Å². The lowest BCUT2D eigenvalue weighted by atomic mass is 10.1. The fraction of sp³-hybridized carbons (Fsp3) is 0.316. The molecule has 0 unspecified atom stereocenters. The van der Waals surface area contributed by atoms with E-state index >= 15 is 0 Å². The summed E-state index contributed by atoms with van der Waals surface area (Å²) in [5.41, 5.74) is 4.50. The van der Waals surface area contributed by atoms with E-state index in [1.54, 1.807) is 6.92 Å². The van der Waals surface area contributed by atoms with Crippen LogP contribution in [0.4, 0.5) is 5.69 Å². The highest BCUT2D eigenvalue weighted by Crippen LogP contribution is 2.31. The summed E-state index contributed by atoms with van der Waals surface area (Å²) in [4.78, 5) is 14.0. The number of rotatable bonds is 5. The molecule has 0 bridgehead atoms. The van der Waals surface area contributed by atoms with Crippen molar-refractivity contribution < 1.29 is 9.53 Å². The van der Waals surface area contributed by atoms with Crippen molar-refractivity contribution >= 4 is 11.5 Å². The molecule has 0 radical (unpaired) electrons. The van der Waals surface area contributed by atoms with Crippen LogP contribution in [-0.2, 0) is 13.0 Å². The third-order valence-electron chi connectivity index (χ3n) is 4.11. The second-order valence-electron chi connectivity index (χ2n) is 5.61. The predicted molar refractivity (Wildman–Crippen MR) is 88.8 cm³/mol. The quantitative estimate of drug-likeness (QED) is 0.785. The summed E-state index contributed by atoms with van der Waals surface area (Å²) in [6.07, 6.45) is 1.08. The van der Waals surface area contributed by atoms with Gasteiger partial charge in [-0.05, 0) is 50.1 Å². The number of anilines is 1. The lowest BCUT2D eigenvalue weighted by Gasteiger charge is -2.21. The molecule has 0 fully saturated rings. The minimum atomic E-state index is 0.0890. The van der Waals surface area contributed by atoms with E-state index in [0.29, 0.717) is 6.61 Å². The second kappa shape index (κ2) is 6.22. The van der Waals surface area contributed by atoms with Crippen LogP contribution in [0.3, 0.4) is 0 Å². The average molecular weight is 295 g/mol. The second-order valence-corrected chi connectivity index (χ2v) is 5.61. The van der Waals surface area contributed by atoms with Crippen LogP contribution in [0.15, 0.2) is 42.5 Å². The topological polar surface area (TPSA) is 29.5 Å². The first-order valence-corrected chi connectivity index (χ1v) is 7.78. The van der Waals surface area contributed by atoms with Gasteiger partial charge in [0.15, 0.2) is 5.78 Å². The molecule has 114 valence electrons. The number of ether oxygens (including phenoxy) is 1. The number of hydrogen-bond donors (Lipinski definition) is 0. The van der Waals surface area contributed by atoms with Gasteiger partial charge in [-0.1, -0.05) is 18.2 Å². The monoisotopic (exact) mass is 295 g/mol. The van der Waals surface area contributed by atoms with E-state index in [4.69, 9.17) is 4.74 Å². The van der Waals surface area contributed by atoms with Crippen molar-refractivity contribution in [3.63, 3.8) is 0 Å². The van der Waals surface area contributed by atoms with E-state index in [-0.39, 0.29) is 5.78 Å². The number of benzene rings is 2. The fourth-order valence-corrected chi connectivity index (χ4v) is 2.99. The Balaban J connectivity index is 1.91. The zero-order valence-electron chi connectivity index (χ0n) is 13.1. The number of fused-ring (bicyclic) bond motifs is 1. The summed E-state index contributed by atoms with van der Waals surface area (Å²) < 4.78 is 5.73. The number of para-hydroxylation sites is 1. The Morgan fingerprint density at radius 3 is 2.82 bits per heavy atom. The minimum Gasteiger partial charge on any atom is -0.494 e. The Morgan fingerprint density at radius 2 is 2.05 bits per heavy atom. The average Bonchev–Trinajstić information content (AvgIpc) is 2.92. The van der Waals surface area contributed by atoms with Crippen LogP contribution in [0, 0.1) is 0 Å². The van der Waals surface area contributed by atoms with E-state index in [9.17, 15) is 4.79 Å². The highest BCUT2D eigenvalue weighted by atomic mass is 16.5. The van der Waals surface area contributed by atoms with Crippen molar-refractivity contribution in [2.24, 2.45) is 0 Å². The van der Waals surface area contributed by atoms with Crippen LogP contribution in [-0.4, -0.2) is 18.9 Å². The lowest BCUT2D eigenvalue weighted by Crippen LogP contribution is -2.20. The first kappa shape index (κ1) is 14.6. The zero-order chi connectivity index (χ0) is 15.5. The summed E-state index contributed by atoms with van der Waals surface area (Å²) in [6, 6.07) is 14.2. The van der Waals surface area contributed by atoms with E-state index in [2.05, 4.69) is 29.2 Å². The maximum Gasteiger partial charge on any atom is 0.159 e. The van der Waals surface area contributed by atoms with Gasteiger partial charge in [0, 0.05) is 29.9 Å². The molecule has 1 heterocycles. The Labute approximate surface area is 131 Å². The highest BCUT2D eigenvalue weighted by molar-refractivity contribution is 5.94. The Hall–Kier alpha value is -2.29. The van der Waals surface area contributed by atoms with Gasteiger partial charge in [0.25, 0.3) is 0 Å². The normalized spacial score (nSPS) is 13.1. The Morgan fingerprint density at radius 1 is 1.23 bits per heavy atom. The number of carbonyl (C=O) groups excluding carboxylic acids is 1. The number of hydrogen-bond acceptors (Lipinski definition) is 3. The predicted octanol–water partition coefficient (Wildman–Crippen LogP) is 3.85. The first-order valence-electron chi connectivity index (χ1n) is 7.78. The lowest BCUT2D eigenvalue weighted by molar-refractivity contribution is 0.101. The van der Waals surface area contributed by atoms with Gasteiger partial charge >= 0.3 is 0 Å². The molecule has 0 saturated heterocycles. The summed E-state index contributed by atoms with van der Waals surface area (Å²) in [7, 11) is 0. The highest BCUT2D eigenvalue weighted by Gasteiger charge is 2.20. The molecule has 0 spiro atoms. The molecule has 0 aromatic heterocycles. The largest absolute Gasteiger partial charge is 0.494 e. The first-order chi connectivity index (χ1) is 10.7. The number of ketones is 1. The third-order valence-corrected chi connectivity index (χ3v) is 4.11. The molecule has 3 nitrogen and oxygen atoms in total. The summed E-state index contributed by atoms with van der Waals surface area (Å²) in [5.74, 6) is 0.961. The molecule has 0 saturated carbocycles. The van der Waals surface area contributed by atoms with Gasteiger partial charge in [0.1, 0.15) is 5.75 Å². The number of Topliss-reactive ketones (excluding diaryl/α,β-unsaturated/α-hetero) is 1. The summed E-state index contributed by atoms with van der Waals surface area (Å²) in [5, 5.41) is 0. The molecule has 22 heavy (non-hydrogen) atoms. The molecule has 1 aliphatic rings. The van der Waals surface area contributed by atoms with Gasteiger partial charge in [-0.15, -0.1) is 0 Å². The summed E-state index contributed by atoms with van der Waals surface area (Å²) >= 11 is 0. The molecule has 0 atom stereocenters. The molecular weight excluding hydrogens is 274 g/mol. The minimum absolute atomic E-state index is 0.0890. The number of carbonyl (C=O) groups is 1. The van der Waals surface area contributed by atoms with Crippen molar-refractivity contribution in [2.45, 2.75) is 26.8 Å². The molecule has 3 heteroatoms. The Bertz CT molecular complexity index is 694. The zero-order valence-corrected chi connectivity index (χ0v) is 13.1. The fourth-order valence-electron chi connectivity index (χ4n) is 2.99. The van der Waals surface area contributed by atoms with E-state index < -0.39 is 0 Å². The van der Waals surface area contributed by atoms with Crippen LogP contribution in [0.5, 0.6) is 5.75 Å². The van der Waals surface area contributed by atoms with Gasteiger partial charge < -0.3 is 9.64 Å². The van der Waals surface area contributed by atoms with Crippen molar-refractivity contribution in [1.82, 2.24) is 0 Å². The third kappa shape index (κ3) is 2.84. The van der Waals surface area contributed by atoms with Crippen molar-refractivity contribution in [1.29, 1.82) is 0 Å². The smallest absolute Gasteiger partial charge is 0.159 e. The van der Waals surface area contributed by atoms with Gasteiger partial charge in [-0.3, -0.25) is 4.79 Å². The molecule has 0 aliphatic carbocycles. The van der Waals surface area contributed by atoms with Crippen LogP contribution in [0.25, 0.3) is 0 Å². The molecular formula is C19H21NO2. The molecule has 2 aromatic rings. The van der Waals surface area contributed by atoms with Crippen molar-refractivity contribution in [2.75, 3.05) is 18.1 Å². The van der Waals surface area contributed by atoms with Gasteiger partial charge in [-0.25, -0.2) is 0 Å². The SMILES string of the molecule is CCOc1ccc(C(C)=O)cc1CN1CCc2ccccc21. The van der Waals surface area contributed by atoms with Crippen molar-refractivity contribution in [3.8, 4) is 5.75 Å². The van der Waals surface area contributed by atoms with Crippen LogP contribution in [0.2, 0.25) is 0 Å². The number of nitrogens with zero attached hydrogens (tertiary/aromatic N) is 1. The van der Waals surface area contributed by atoms with Gasteiger partial charge in [0.05, 0.1) is 6.61 Å². The van der Waals surface area contributed by atoms with Crippen molar-refractivity contribution in [3.05, 3.63) is 59.2 Å². The maximum absolute atomic E-state index is 11.6. The Kier molecular flexibility index (Phi) is 4.14. The summed E-state index contributed by atoms with van der Waals surface area (Å²) in [6.45, 7) is 5.99. The van der Waals surface area contributed by atoms with Crippen LogP contribution < -0.4 is 9.64 Å². The van der Waals surface area contributed by atoms with E-state index in [1.807, 2.05) is 25.1 Å². The standard InChI is InChI=1S/C19H21NO2/c1-3-22-19-9-8-16(14(2)21)12-17(19)13-20-11-10-15-6-4-5-7-18(15)20/h4-9,12H,3,10-11,13H2,1-2H3. The molecule has 0 amide bonds. The van der Waals surface area contributed by atoms with Gasteiger partial charge in [0.2, 0.25) is 0 Å². The maximum atomic E-state index is 11.6.